The van der Waals surface area contributed by atoms with E-state index in [0.717, 1.165) is 12.8 Å². The zero-order valence-corrected chi connectivity index (χ0v) is 11.7. The molecule has 0 aromatic rings. The largest absolute Gasteiger partial charge is 0.463 e. The monoisotopic (exact) mass is 240 g/mol. The van der Waals surface area contributed by atoms with Crippen molar-refractivity contribution in [3.63, 3.8) is 0 Å². The van der Waals surface area contributed by atoms with Crippen LogP contribution in [0.3, 0.4) is 0 Å². The average Bonchev–Trinajstić information content (AvgIpc) is 2.26. The number of esters is 1. The van der Waals surface area contributed by atoms with Crippen molar-refractivity contribution in [1.29, 1.82) is 0 Å². The minimum atomic E-state index is -0.166. The molecule has 2 nitrogen and oxygen atoms in total. The molecule has 0 aliphatic carbocycles. The van der Waals surface area contributed by atoms with E-state index in [9.17, 15) is 4.79 Å². The molecule has 0 heterocycles. The van der Waals surface area contributed by atoms with Crippen LogP contribution in [0.15, 0.2) is 12.2 Å². The van der Waals surface area contributed by atoms with Crippen LogP contribution in [0.1, 0.15) is 72.1 Å². The molecule has 2 heteroatoms. The van der Waals surface area contributed by atoms with Gasteiger partial charge >= 0.3 is 5.97 Å². The lowest BCUT2D eigenvalue weighted by Crippen LogP contribution is -2.11. The second kappa shape index (κ2) is 11.7. The lowest BCUT2D eigenvalue weighted by atomic mass is 10.1. The van der Waals surface area contributed by atoms with Gasteiger partial charge in [-0.1, -0.05) is 38.3 Å². The van der Waals surface area contributed by atoms with Gasteiger partial charge in [-0.05, 0) is 39.0 Å². The number of ether oxygens (including phenoxy) is 1. The third kappa shape index (κ3) is 13.1. The SMILES string of the molecule is CCC=CCCCCCCC[C@@H](C)OC(C)=O. The van der Waals surface area contributed by atoms with Gasteiger partial charge in [0.2, 0.25) is 0 Å². The van der Waals surface area contributed by atoms with Gasteiger partial charge in [0.15, 0.2) is 0 Å². The normalized spacial score (nSPS) is 12.9. The second-order valence-corrected chi connectivity index (χ2v) is 4.64. The fourth-order valence-electron chi connectivity index (χ4n) is 1.85. The summed E-state index contributed by atoms with van der Waals surface area (Å²) in [5.74, 6) is -0.166. The fraction of sp³-hybridized carbons (Fsp3) is 0.800. The third-order valence-corrected chi connectivity index (χ3v) is 2.75. The van der Waals surface area contributed by atoms with Gasteiger partial charge in [0.25, 0.3) is 0 Å². The van der Waals surface area contributed by atoms with Crippen molar-refractivity contribution >= 4 is 5.97 Å². The highest BCUT2D eigenvalue weighted by molar-refractivity contribution is 5.66. The maximum Gasteiger partial charge on any atom is 0.302 e. The molecule has 1 atom stereocenters. The van der Waals surface area contributed by atoms with Crippen molar-refractivity contribution in [1.82, 2.24) is 0 Å². The number of rotatable bonds is 10. The standard InChI is InChI=1S/C15H28O2/c1-4-5-6-7-8-9-10-11-12-13-14(2)17-15(3)16/h5-6,14H,4,7-13H2,1-3H3/t14-/m1/s1. The molecule has 0 aliphatic rings. The van der Waals surface area contributed by atoms with Crippen LogP contribution in [0.4, 0.5) is 0 Å². The summed E-state index contributed by atoms with van der Waals surface area (Å²) in [6.45, 7) is 5.61. The quantitative estimate of drug-likeness (QED) is 0.316. The van der Waals surface area contributed by atoms with E-state index in [1.165, 1.54) is 45.4 Å². The lowest BCUT2D eigenvalue weighted by Gasteiger charge is -2.10. The Morgan fingerprint density at radius 2 is 1.76 bits per heavy atom. The first kappa shape index (κ1) is 16.2. The highest BCUT2D eigenvalue weighted by Gasteiger charge is 2.04. The van der Waals surface area contributed by atoms with Crippen LogP contribution in [0, 0.1) is 0 Å². The molecule has 0 saturated heterocycles. The van der Waals surface area contributed by atoms with Crippen molar-refractivity contribution < 1.29 is 9.53 Å². The fourth-order valence-corrected chi connectivity index (χ4v) is 1.85. The summed E-state index contributed by atoms with van der Waals surface area (Å²) in [7, 11) is 0. The van der Waals surface area contributed by atoms with Gasteiger partial charge in [-0.15, -0.1) is 0 Å². The number of carbonyl (C=O) groups excluding carboxylic acids is 1. The molecule has 0 spiro atoms. The smallest absolute Gasteiger partial charge is 0.302 e. The van der Waals surface area contributed by atoms with Gasteiger partial charge in [0.1, 0.15) is 0 Å². The topological polar surface area (TPSA) is 26.3 Å². The maximum absolute atomic E-state index is 10.7. The molecular formula is C15H28O2. The highest BCUT2D eigenvalue weighted by Crippen LogP contribution is 2.10. The van der Waals surface area contributed by atoms with Crippen LogP contribution in [0.25, 0.3) is 0 Å². The Bertz CT molecular complexity index is 209. The molecule has 0 amide bonds. The predicted octanol–water partition coefficient (Wildman–Crippen LogP) is 4.63. The molecule has 17 heavy (non-hydrogen) atoms. The summed E-state index contributed by atoms with van der Waals surface area (Å²) < 4.78 is 5.07. The molecule has 0 aromatic carbocycles. The molecule has 0 rings (SSSR count). The maximum atomic E-state index is 10.7. The Balaban J connectivity index is 3.18. The summed E-state index contributed by atoms with van der Waals surface area (Å²) >= 11 is 0. The van der Waals surface area contributed by atoms with E-state index < -0.39 is 0 Å². The van der Waals surface area contributed by atoms with Gasteiger partial charge in [-0.2, -0.15) is 0 Å². The summed E-state index contributed by atoms with van der Waals surface area (Å²) in [6.07, 6.45) is 14.3. The molecule has 0 saturated carbocycles. The Labute approximate surface area is 106 Å². The van der Waals surface area contributed by atoms with E-state index in [-0.39, 0.29) is 12.1 Å². The summed E-state index contributed by atoms with van der Waals surface area (Å²) in [4.78, 5) is 10.7. The van der Waals surface area contributed by atoms with E-state index in [2.05, 4.69) is 19.1 Å². The van der Waals surface area contributed by atoms with Gasteiger partial charge < -0.3 is 4.74 Å². The second-order valence-electron chi connectivity index (χ2n) is 4.64. The first-order valence-electron chi connectivity index (χ1n) is 6.99. The minimum Gasteiger partial charge on any atom is -0.463 e. The molecule has 0 radical (unpaired) electrons. The molecule has 0 N–H and O–H groups in total. The zero-order chi connectivity index (χ0) is 12.9. The number of allylic oxidation sites excluding steroid dienone is 2. The zero-order valence-electron chi connectivity index (χ0n) is 11.7. The Kier molecular flexibility index (Phi) is 11.1. The van der Waals surface area contributed by atoms with Crippen molar-refractivity contribution in [3.8, 4) is 0 Å². The first-order valence-corrected chi connectivity index (χ1v) is 6.99. The summed E-state index contributed by atoms with van der Waals surface area (Å²) in [6, 6.07) is 0. The molecule has 0 fully saturated rings. The summed E-state index contributed by atoms with van der Waals surface area (Å²) in [5, 5.41) is 0. The molecule has 0 aromatic heterocycles. The van der Waals surface area contributed by atoms with Crippen molar-refractivity contribution in [2.24, 2.45) is 0 Å². The highest BCUT2D eigenvalue weighted by atomic mass is 16.5. The van der Waals surface area contributed by atoms with Crippen molar-refractivity contribution in [2.45, 2.75) is 78.2 Å². The van der Waals surface area contributed by atoms with Crippen LogP contribution in [0.5, 0.6) is 0 Å². The van der Waals surface area contributed by atoms with Crippen molar-refractivity contribution in [3.05, 3.63) is 12.2 Å². The van der Waals surface area contributed by atoms with E-state index in [4.69, 9.17) is 4.74 Å². The number of hydrogen-bond donors (Lipinski definition) is 0. The van der Waals surface area contributed by atoms with Crippen LogP contribution in [-0.2, 0) is 9.53 Å². The number of carbonyl (C=O) groups is 1. The number of hydrogen-bond acceptors (Lipinski definition) is 2. The van der Waals surface area contributed by atoms with E-state index >= 15 is 0 Å². The third-order valence-electron chi connectivity index (χ3n) is 2.75. The van der Waals surface area contributed by atoms with E-state index in [1.54, 1.807) is 0 Å². The van der Waals surface area contributed by atoms with Gasteiger partial charge in [0.05, 0.1) is 6.10 Å². The molecular weight excluding hydrogens is 212 g/mol. The number of unbranched alkanes of at least 4 members (excludes halogenated alkanes) is 5. The van der Waals surface area contributed by atoms with Gasteiger partial charge in [-0.3, -0.25) is 4.79 Å². The molecule has 0 unspecified atom stereocenters. The molecule has 0 aliphatic heterocycles. The Hall–Kier alpha value is -0.790. The molecule has 0 bridgehead atoms. The van der Waals surface area contributed by atoms with Crippen LogP contribution >= 0.6 is 0 Å². The predicted molar refractivity (Wildman–Crippen MR) is 73.0 cm³/mol. The first-order chi connectivity index (χ1) is 8.16. The van der Waals surface area contributed by atoms with Gasteiger partial charge in [-0.25, -0.2) is 0 Å². The average molecular weight is 240 g/mol. The van der Waals surface area contributed by atoms with Crippen molar-refractivity contribution in [2.75, 3.05) is 0 Å². The Morgan fingerprint density at radius 1 is 1.12 bits per heavy atom. The molecule has 100 valence electrons. The summed E-state index contributed by atoms with van der Waals surface area (Å²) in [5.41, 5.74) is 0. The van der Waals surface area contributed by atoms with Crippen LogP contribution < -0.4 is 0 Å². The minimum absolute atomic E-state index is 0.0833. The van der Waals surface area contributed by atoms with Crippen LogP contribution in [0.2, 0.25) is 0 Å². The van der Waals surface area contributed by atoms with E-state index in [1.807, 2.05) is 6.92 Å². The van der Waals surface area contributed by atoms with Crippen LogP contribution in [-0.4, -0.2) is 12.1 Å². The Morgan fingerprint density at radius 3 is 2.41 bits per heavy atom. The van der Waals surface area contributed by atoms with E-state index in [0.29, 0.717) is 0 Å². The van der Waals surface area contributed by atoms with Gasteiger partial charge in [0, 0.05) is 6.92 Å². The lowest BCUT2D eigenvalue weighted by molar-refractivity contribution is -0.145.